The highest BCUT2D eigenvalue weighted by Crippen LogP contribution is 2.25. The number of hydrogen-bond acceptors (Lipinski definition) is 5. The summed E-state index contributed by atoms with van der Waals surface area (Å²) >= 11 is 1.55. The Labute approximate surface area is 79.3 Å². The van der Waals surface area contributed by atoms with Crippen LogP contribution in [0.4, 0.5) is 5.13 Å². The van der Waals surface area contributed by atoms with Gasteiger partial charge in [0.2, 0.25) is 0 Å². The van der Waals surface area contributed by atoms with Crippen molar-refractivity contribution in [3.8, 4) is 0 Å². The van der Waals surface area contributed by atoms with Crippen LogP contribution < -0.4 is 5.32 Å². The van der Waals surface area contributed by atoms with Crippen molar-refractivity contribution < 1.29 is 5.11 Å². The Balaban J connectivity index is 2.57. The molecule has 13 heavy (non-hydrogen) atoms. The molecule has 5 heteroatoms. The zero-order chi connectivity index (χ0) is 9.26. The van der Waals surface area contributed by atoms with Crippen molar-refractivity contribution in [3.63, 3.8) is 0 Å². The molecule has 0 radical (unpaired) electrons. The minimum absolute atomic E-state index is 0.0251. The zero-order valence-electron chi connectivity index (χ0n) is 7.11. The van der Waals surface area contributed by atoms with E-state index in [4.69, 9.17) is 5.11 Å². The van der Waals surface area contributed by atoms with E-state index in [-0.39, 0.29) is 6.61 Å². The summed E-state index contributed by atoms with van der Waals surface area (Å²) in [5.41, 5.74) is 1.55. The number of thiazole rings is 1. The van der Waals surface area contributed by atoms with Crippen LogP contribution in [-0.2, 0) is 6.61 Å². The van der Waals surface area contributed by atoms with E-state index >= 15 is 0 Å². The molecule has 0 spiro atoms. The van der Waals surface area contributed by atoms with Gasteiger partial charge in [-0.15, -0.1) is 0 Å². The van der Waals surface area contributed by atoms with Crippen LogP contribution in [0.25, 0.3) is 10.2 Å². The van der Waals surface area contributed by atoms with Gasteiger partial charge in [0.05, 0.1) is 23.2 Å². The van der Waals surface area contributed by atoms with Gasteiger partial charge in [-0.25, -0.2) is 4.98 Å². The van der Waals surface area contributed by atoms with Crippen molar-refractivity contribution in [3.05, 3.63) is 18.0 Å². The topological polar surface area (TPSA) is 58.0 Å². The van der Waals surface area contributed by atoms with Gasteiger partial charge in [-0.05, 0) is 6.07 Å². The molecule has 0 saturated heterocycles. The van der Waals surface area contributed by atoms with E-state index in [9.17, 15) is 0 Å². The minimum atomic E-state index is -0.0251. The molecular weight excluding hydrogens is 186 g/mol. The van der Waals surface area contributed by atoms with E-state index in [1.807, 2.05) is 13.1 Å². The highest BCUT2D eigenvalue weighted by molar-refractivity contribution is 7.22. The quantitative estimate of drug-likeness (QED) is 0.756. The average molecular weight is 195 g/mol. The first kappa shape index (κ1) is 8.40. The van der Waals surface area contributed by atoms with E-state index < -0.39 is 0 Å². The number of aliphatic hydroxyl groups is 1. The molecule has 0 unspecified atom stereocenters. The number of nitrogens with one attached hydrogen (secondary N) is 1. The summed E-state index contributed by atoms with van der Waals surface area (Å²) in [5.74, 6) is 0. The number of fused-ring (bicyclic) bond motifs is 1. The maximum Gasteiger partial charge on any atom is 0.183 e. The van der Waals surface area contributed by atoms with Gasteiger partial charge in [0, 0.05) is 7.05 Å². The van der Waals surface area contributed by atoms with Gasteiger partial charge in [-0.3, -0.25) is 4.98 Å². The van der Waals surface area contributed by atoms with Crippen molar-refractivity contribution in [1.82, 2.24) is 9.97 Å². The number of nitrogens with zero attached hydrogens (tertiary/aromatic N) is 2. The Kier molecular flexibility index (Phi) is 2.12. The van der Waals surface area contributed by atoms with Gasteiger partial charge in [0.25, 0.3) is 0 Å². The molecule has 2 rings (SSSR count). The first-order valence-electron chi connectivity index (χ1n) is 3.87. The van der Waals surface area contributed by atoms with E-state index in [1.54, 1.807) is 17.5 Å². The van der Waals surface area contributed by atoms with Crippen molar-refractivity contribution in [2.75, 3.05) is 12.4 Å². The largest absolute Gasteiger partial charge is 0.390 e. The van der Waals surface area contributed by atoms with Gasteiger partial charge in [0.1, 0.15) is 5.52 Å². The van der Waals surface area contributed by atoms with Crippen molar-refractivity contribution in [2.24, 2.45) is 0 Å². The van der Waals surface area contributed by atoms with Crippen LogP contribution in [0.3, 0.4) is 0 Å². The van der Waals surface area contributed by atoms with Crippen LogP contribution >= 0.6 is 11.3 Å². The van der Waals surface area contributed by atoms with Crippen LogP contribution in [-0.4, -0.2) is 22.1 Å². The van der Waals surface area contributed by atoms with Gasteiger partial charge in [-0.1, -0.05) is 11.3 Å². The summed E-state index contributed by atoms with van der Waals surface area (Å²) in [7, 11) is 1.83. The molecule has 68 valence electrons. The highest BCUT2D eigenvalue weighted by Gasteiger charge is 2.03. The molecule has 0 aromatic carbocycles. The lowest BCUT2D eigenvalue weighted by molar-refractivity contribution is 0.277. The molecule has 0 bridgehead atoms. The summed E-state index contributed by atoms with van der Waals surface area (Å²) in [6.45, 7) is -0.0251. The number of hydrogen-bond donors (Lipinski definition) is 2. The van der Waals surface area contributed by atoms with Crippen LogP contribution in [0.1, 0.15) is 5.69 Å². The molecule has 0 saturated carbocycles. The third kappa shape index (κ3) is 1.48. The third-order valence-corrected chi connectivity index (χ3v) is 2.74. The number of rotatable bonds is 2. The Bertz CT molecular complexity index is 424. The first-order valence-corrected chi connectivity index (χ1v) is 4.69. The summed E-state index contributed by atoms with van der Waals surface area (Å²) < 4.78 is 1.04. The molecule has 0 fully saturated rings. The van der Waals surface area contributed by atoms with E-state index in [2.05, 4.69) is 15.3 Å². The van der Waals surface area contributed by atoms with E-state index in [0.717, 1.165) is 15.3 Å². The van der Waals surface area contributed by atoms with Gasteiger partial charge < -0.3 is 10.4 Å². The monoisotopic (exact) mass is 195 g/mol. The fourth-order valence-corrected chi connectivity index (χ4v) is 1.92. The van der Waals surface area contributed by atoms with Crippen molar-refractivity contribution >= 4 is 26.7 Å². The summed E-state index contributed by atoms with van der Waals surface area (Å²) in [5, 5.41) is 12.7. The van der Waals surface area contributed by atoms with Crippen LogP contribution in [0.15, 0.2) is 12.3 Å². The smallest absolute Gasteiger partial charge is 0.183 e. The first-order chi connectivity index (χ1) is 6.33. The van der Waals surface area contributed by atoms with Crippen LogP contribution in [0.5, 0.6) is 0 Å². The van der Waals surface area contributed by atoms with E-state index in [1.165, 1.54) is 0 Å². The van der Waals surface area contributed by atoms with Gasteiger partial charge >= 0.3 is 0 Å². The van der Waals surface area contributed by atoms with Crippen LogP contribution in [0.2, 0.25) is 0 Å². The fraction of sp³-hybridized carbons (Fsp3) is 0.250. The predicted molar refractivity (Wildman–Crippen MR) is 52.9 cm³/mol. The average Bonchev–Trinajstić information content (AvgIpc) is 2.58. The Hall–Kier alpha value is -1.20. The molecule has 0 aliphatic rings. The lowest BCUT2D eigenvalue weighted by atomic mass is 10.3. The second-order valence-corrected chi connectivity index (χ2v) is 3.60. The SMILES string of the molecule is CNc1nc2cnc(CO)cc2s1. The molecule has 2 aromatic heterocycles. The molecule has 4 nitrogen and oxygen atoms in total. The number of pyridine rings is 1. The number of aliphatic hydroxyl groups excluding tert-OH is 1. The number of aromatic nitrogens is 2. The predicted octanol–water partition coefficient (Wildman–Crippen LogP) is 1.23. The second-order valence-electron chi connectivity index (χ2n) is 2.57. The zero-order valence-corrected chi connectivity index (χ0v) is 7.93. The molecule has 0 amide bonds. The Morgan fingerprint density at radius 3 is 3.15 bits per heavy atom. The Morgan fingerprint density at radius 2 is 2.46 bits per heavy atom. The molecular formula is C8H9N3OS. The highest BCUT2D eigenvalue weighted by atomic mass is 32.1. The van der Waals surface area contributed by atoms with Crippen molar-refractivity contribution in [1.29, 1.82) is 0 Å². The normalized spacial score (nSPS) is 10.6. The molecule has 2 aromatic rings. The fourth-order valence-electron chi connectivity index (χ4n) is 1.07. The lowest BCUT2D eigenvalue weighted by Crippen LogP contribution is -1.87. The van der Waals surface area contributed by atoms with Crippen molar-refractivity contribution in [2.45, 2.75) is 6.61 Å². The molecule has 2 heterocycles. The maximum absolute atomic E-state index is 8.87. The molecule has 0 aliphatic heterocycles. The molecule has 0 aliphatic carbocycles. The summed E-state index contributed by atoms with van der Waals surface area (Å²) in [4.78, 5) is 8.31. The molecule has 2 N–H and O–H groups in total. The van der Waals surface area contributed by atoms with E-state index in [0.29, 0.717) is 5.69 Å². The van der Waals surface area contributed by atoms with Gasteiger partial charge in [0.15, 0.2) is 5.13 Å². The summed E-state index contributed by atoms with van der Waals surface area (Å²) in [6.07, 6.45) is 1.68. The maximum atomic E-state index is 8.87. The standard InChI is InChI=1S/C8H9N3OS/c1-9-8-11-6-3-10-5(4-12)2-7(6)13-8/h2-3,12H,4H2,1H3,(H,9,11). The van der Waals surface area contributed by atoms with Crippen LogP contribution in [0, 0.1) is 0 Å². The third-order valence-electron chi connectivity index (χ3n) is 1.71. The number of anilines is 1. The van der Waals surface area contributed by atoms with Gasteiger partial charge in [-0.2, -0.15) is 0 Å². The molecule has 0 atom stereocenters. The minimum Gasteiger partial charge on any atom is -0.390 e. The lowest BCUT2D eigenvalue weighted by Gasteiger charge is -1.91. The second kappa shape index (κ2) is 3.27. The Morgan fingerprint density at radius 1 is 1.62 bits per heavy atom. The summed E-state index contributed by atoms with van der Waals surface area (Å²) in [6, 6.07) is 1.86.